The standard InChI is InChI=1S/C31H34ClN3O4S2/c1-39-26-17-16-22(19-25(26)32)29-23(21-35(33-29)24-13-9-8-10-14-24)20-27-30(38)34(31(40)41-27)18-12-7-5-3-2-4-6-11-15-28(36)37/h8-10,13-14,16-17,19-21H,2-7,11-12,15,18H2,1H3,(H,36,37)/b27-20+. The number of carboxylic acid groups (broad SMARTS) is 1. The summed E-state index contributed by atoms with van der Waals surface area (Å²) >= 11 is 13.3. The van der Waals surface area contributed by atoms with Crippen molar-refractivity contribution in [3.8, 4) is 22.7 Å². The zero-order chi connectivity index (χ0) is 29.2. The van der Waals surface area contributed by atoms with Gasteiger partial charge in [0.15, 0.2) is 0 Å². The summed E-state index contributed by atoms with van der Waals surface area (Å²) in [5.41, 5.74) is 3.21. The van der Waals surface area contributed by atoms with Crippen molar-refractivity contribution in [2.75, 3.05) is 13.7 Å². The summed E-state index contributed by atoms with van der Waals surface area (Å²) in [6.45, 7) is 0.602. The summed E-state index contributed by atoms with van der Waals surface area (Å²) in [4.78, 5) is 26.2. The average Bonchev–Trinajstić information content (AvgIpc) is 3.50. The van der Waals surface area contributed by atoms with Crippen LogP contribution in [0.5, 0.6) is 5.75 Å². The number of carbonyl (C=O) groups is 2. The molecule has 1 amide bonds. The molecular weight excluding hydrogens is 578 g/mol. The van der Waals surface area contributed by atoms with Gasteiger partial charge in [0.25, 0.3) is 5.91 Å². The van der Waals surface area contributed by atoms with Crippen molar-refractivity contribution in [1.82, 2.24) is 14.7 Å². The fourth-order valence-corrected chi connectivity index (χ4v) is 6.24. The molecule has 1 aliphatic heterocycles. The highest BCUT2D eigenvalue weighted by atomic mass is 35.5. The fourth-order valence-electron chi connectivity index (χ4n) is 4.68. The number of benzene rings is 2. The van der Waals surface area contributed by atoms with E-state index in [1.165, 1.54) is 11.8 Å². The Hall–Kier alpha value is -3.14. The Morgan fingerprint density at radius 3 is 2.39 bits per heavy atom. The van der Waals surface area contributed by atoms with Gasteiger partial charge < -0.3 is 9.84 Å². The molecule has 0 spiro atoms. The summed E-state index contributed by atoms with van der Waals surface area (Å²) in [6, 6.07) is 15.3. The number of aliphatic carboxylic acids is 1. The molecule has 2 heterocycles. The van der Waals surface area contributed by atoms with Crippen LogP contribution in [0.3, 0.4) is 0 Å². The number of methoxy groups -OCH3 is 1. The molecule has 4 rings (SSSR count). The minimum atomic E-state index is -0.722. The predicted octanol–water partition coefficient (Wildman–Crippen LogP) is 8.00. The summed E-state index contributed by atoms with van der Waals surface area (Å²) < 4.78 is 7.68. The first-order valence-electron chi connectivity index (χ1n) is 13.8. The van der Waals surface area contributed by atoms with Crippen LogP contribution in [0.4, 0.5) is 0 Å². The van der Waals surface area contributed by atoms with Crippen molar-refractivity contribution in [2.24, 2.45) is 0 Å². The van der Waals surface area contributed by atoms with Gasteiger partial charge in [0.1, 0.15) is 15.8 Å². The Labute approximate surface area is 255 Å². The molecule has 0 radical (unpaired) electrons. The number of carboxylic acids is 1. The average molecular weight is 612 g/mol. The van der Waals surface area contributed by atoms with Gasteiger partial charge in [-0.15, -0.1) is 0 Å². The van der Waals surface area contributed by atoms with E-state index in [4.69, 9.17) is 38.8 Å². The largest absolute Gasteiger partial charge is 0.495 e. The van der Waals surface area contributed by atoms with Gasteiger partial charge in [-0.1, -0.05) is 92.3 Å². The second-order valence-corrected chi connectivity index (χ2v) is 12.0. The maximum atomic E-state index is 13.3. The first-order chi connectivity index (χ1) is 19.9. The minimum absolute atomic E-state index is 0.0791. The third-order valence-electron chi connectivity index (χ3n) is 6.87. The SMILES string of the molecule is COc1ccc(-c2nn(-c3ccccc3)cc2/C=C2/SC(=S)N(CCCCCCCCCCC(=O)O)C2=O)cc1Cl. The van der Waals surface area contributed by atoms with Crippen LogP contribution in [-0.2, 0) is 9.59 Å². The Kier molecular flexibility index (Phi) is 11.4. The van der Waals surface area contributed by atoms with Gasteiger partial charge >= 0.3 is 5.97 Å². The molecule has 216 valence electrons. The van der Waals surface area contributed by atoms with E-state index in [2.05, 4.69) is 0 Å². The van der Waals surface area contributed by atoms with E-state index in [-0.39, 0.29) is 12.3 Å². The van der Waals surface area contributed by atoms with E-state index < -0.39 is 5.97 Å². The quantitative estimate of drug-likeness (QED) is 0.106. The van der Waals surface area contributed by atoms with Crippen LogP contribution in [0.25, 0.3) is 23.0 Å². The number of thioether (sulfide) groups is 1. The van der Waals surface area contributed by atoms with Crippen molar-refractivity contribution in [3.05, 3.63) is 70.2 Å². The number of hydrogen-bond acceptors (Lipinski definition) is 6. The number of para-hydroxylation sites is 1. The normalized spacial score (nSPS) is 14.3. The molecule has 1 saturated heterocycles. The third kappa shape index (κ3) is 8.44. The van der Waals surface area contributed by atoms with Gasteiger partial charge in [0.2, 0.25) is 0 Å². The van der Waals surface area contributed by atoms with Gasteiger partial charge in [0.05, 0.1) is 22.7 Å². The van der Waals surface area contributed by atoms with Crippen LogP contribution in [0.1, 0.15) is 63.4 Å². The summed E-state index contributed by atoms with van der Waals surface area (Å²) in [6.07, 6.45) is 12.1. The maximum Gasteiger partial charge on any atom is 0.303 e. The molecule has 0 saturated carbocycles. The molecule has 1 aromatic heterocycles. The first kappa shape index (κ1) is 30.8. The molecule has 1 N–H and O–H groups in total. The van der Waals surface area contributed by atoms with Crippen molar-refractivity contribution in [2.45, 2.75) is 57.8 Å². The number of aromatic nitrogens is 2. The molecule has 3 aromatic rings. The zero-order valence-electron chi connectivity index (χ0n) is 23.1. The van der Waals surface area contributed by atoms with E-state index in [1.807, 2.05) is 60.8 Å². The number of ether oxygens (including phenoxy) is 1. The number of hydrogen-bond donors (Lipinski definition) is 1. The van der Waals surface area contributed by atoms with E-state index in [0.29, 0.717) is 32.2 Å². The summed E-state index contributed by atoms with van der Waals surface area (Å²) in [5.74, 6) is -0.221. The monoisotopic (exact) mass is 611 g/mol. The van der Waals surface area contributed by atoms with Gasteiger partial charge in [0, 0.05) is 30.3 Å². The number of rotatable bonds is 15. The molecule has 7 nitrogen and oxygen atoms in total. The Morgan fingerprint density at radius 2 is 1.73 bits per heavy atom. The molecule has 0 atom stereocenters. The molecule has 41 heavy (non-hydrogen) atoms. The van der Waals surface area contributed by atoms with Crippen LogP contribution in [0, 0.1) is 0 Å². The maximum absolute atomic E-state index is 13.3. The van der Waals surface area contributed by atoms with Gasteiger partial charge in [-0.3, -0.25) is 14.5 Å². The first-order valence-corrected chi connectivity index (χ1v) is 15.4. The predicted molar refractivity (Wildman–Crippen MR) is 170 cm³/mol. The molecule has 1 aliphatic rings. The molecular formula is C31H34ClN3O4S2. The van der Waals surface area contributed by atoms with Crippen LogP contribution in [0.2, 0.25) is 5.02 Å². The topological polar surface area (TPSA) is 84.7 Å². The van der Waals surface area contributed by atoms with Crippen LogP contribution >= 0.6 is 35.6 Å². The third-order valence-corrected chi connectivity index (χ3v) is 8.54. The van der Waals surface area contributed by atoms with Crippen LogP contribution < -0.4 is 4.74 Å². The highest BCUT2D eigenvalue weighted by Gasteiger charge is 2.32. The summed E-state index contributed by atoms with van der Waals surface area (Å²) in [5, 5.41) is 14.0. The number of unbranched alkanes of at least 4 members (excludes halogenated alkanes) is 7. The van der Waals surface area contributed by atoms with Crippen molar-refractivity contribution < 1.29 is 19.4 Å². The summed E-state index contributed by atoms with van der Waals surface area (Å²) in [7, 11) is 1.58. The number of amides is 1. The number of nitrogens with zero attached hydrogens (tertiary/aromatic N) is 3. The highest BCUT2D eigenvalue weighted by molar-refractivity contribution is 8.26. The lowest BCUT2D eigenvalue weighted by molar-refractivity contribution is -0.137. The molecule has 0 unspecified atom stereocenters. The lowest BCUT2D eigenvalue weighted by Gasteiger charge is -2.14. The van der Waals surface area contributed by atoms with Crippen LogP contribution in [0.15, 0.2) is 59.6 Å². The minimum Gasteiger partial charge on any atom is -0.495 e. The van der Waals surface area contributed by atoms with Crippen molar-refractivity contribution in [1.29, 1.82) is 0 Å². The van der Waals surface area contributed by atoms with Crippen molar-refractivity contribution >= 4 is 57.9 Å². The van der Waals surface area contributed by atoms with Crippen LogP contribution in [-0.4, -0.2) is 49.6 Å². The lowest BCUT2D eigenvalue weighted by Crippen LogP contribution is -2.29. The van der Waals surface area contributed by atoms with Gasteiger partial charge in [-0.25, -0.2) is 4.68 Å². The van der Waals surface area contributed by atoms with E-state index in [1.54, 1.807) is 16.7 Å². The van der Waals surface area contributed by atoms with Crippen molar-refractivity contribution in [3.63, 3.8) is 0 Å². The molecule has 0 bridgehead atoms. The molecule has 1 fully saturated rings. The zero-order valence-corrected chi connectivity index (χ0v) is 25.4. The highest BCUT2D eigenvalue weighted by Crippen LogP contribution is 2.36. The van der Waals surface area contributed by atoms with E-state index in [0.717, 1.165) is 68.2 Å². The van der Waals surface area contributed by atoms with Gasteiger partial charge in [-0.05, 0) is 49.2 Å². The lowest BCUT2D eigenvalue weighted by atomic mass is 10.1. The Morgan fingerprint density at radius 1 is 1.05 bits per heavy atom. The second-order valence-electron chi connectivity index (χ2n) is 9.87. The molecule has 10 heteroatoms. The number of thiocarbonyl (C=S) groups is 1. The van der Waals surface area contributed by atoms with E-state index in [9.17, 15) is 9.59 Å². The number of carbonyl (C=O) groups excluding carboxylic acids is 1. The number of halogens is 1. The van der Waals surface area contributed by atoms with Gasteiger partial charge in [-0.2, -0.15) is 5.10 Å². The Bertz CT molecular complexity index is 1410. The molecule has 0 aliphatic carbocycles. The second kappa shape index (κ2) is 15.2. The smallest absolute Gasteiger partial charge is 0.303 e. The molecule has 2 aromatic carbocycles. The Balaban J connectivity index is 1.41. The van der Waals surface area contributed by atoms with E-state index >= 15 is 0 Å². The fraction of sp³-hybridized carbons (Fsp3) is 0.355.